The predicted molar refractivity (Wildman–Crippen MR) is 90.9 cm³/mol. The van der Waals surface area contributed by atoms with Gasteiger partial charge in [0.25, 0.3) is 0 Å². The first kappa shape index (κ1) is 17.4. The number of hydrogen-bond donors (Lipinski definition) is 1. The maximum Gasteiger partial charge on any atom is 0.491 e. The summed E-state index contributed by atoms with van der Waals surface area (Å²) in [4.78, 5) is 0. The maximum atomic E-state index is 13.3. The Morgan fingerprint density at radius 2 is 1.86 bits per heavy atom. The number of benzene rings is 1. The van der Waals surface area contributed by atoms with Gasteiger partial charge >= 0.3 is 7.12 Å². The highest BCUT2D eigenvalue weighted by Gasteiger charge is 2.52. The van der Waals surface area contributed by atoms with Crippen LogP contribution in [0.4, 0.5) is 4.39 Å². The van der Waals surface area contributed by atoms with Crippen molar-refractivity contribution in [3.05, 3.63) is 35.1 Å². The largest absolute Gasteiger partial charge is 0.496 e. The first-order valence-electron chi connectivity index (χ1n) is 7.20. The number of methoxy groups -OCH3 is 1. The quantitative estimate of drug-likeness (QED) is 0.675. The number of hydrogen-bond acceptors (Lipinski definition) is 4. The lowest BCUT2D eigenvalue weighted by molar-refractivity contribution is 0.00578. The van der Waals surface area contributed by atoms with Crippen LogP contribution in [0.1, 0.15) is 33.3 Å². The summed E-state index contributed by atoms with van der Waals surface area (Å²) in [7, 11) is 1.04. The number of thiol groups is 1. The minimum absolute atomic E-state index is 0.336. The van der Waals surface area contributed by atoms with Gasteiger partial charge in [-0.2, -0.15) is 12.6 Å². The van der Waals surface area contributed by atoms with E-state index in [1.54, 1.807) is 6.07 Å². The Hall–Kier alpha value is -0.975. The normalized spacial score (nSPS) is 20.3. The molecule has 0 unspecified atom stereocenters. The van der Waals surface area contributed by atoms with E-state index in [9.17, 15) is 4.39 Å². The van der Waals surface area contributed by atoms with Gasteiger partial charge in [-0.1, -0.05) is 6.08 Å². The van der Waals surface area contributed by atoms with Gasteiger partial charge in [0, 0.05) is 17.4 Å². The van der Waals surface area contributed by atoms with E-state index in [2.05, 4.69) is 12.6 Å². The Kier molecular flexibility index (Phi) is 4.95. The molecule has 0 amide bonds. The van der Waals surface area contributed by atoms with Crippen LogP contribution in [0.5, 0.6) is 5.75 Å². The second-order valence-corrected chi connectivity index (χ2v) is 6.67. The third kappa shape index (κ3) is 3.34. The third-order valence-electron chi connectivity index (χ3n) is 4.27. The first-order valence-corrected chi connectivity index (χ1v) is 7.84. The molecule has 1 aliphatic rings. The number of halogens is 1. The predicted octanol–water partition coefficient (Wildman–Crippen LogP) is 3.78. The highest BCUT2D eigenvalue weighted by atomic mass is 32.1. The van der Waals surface area contributed by atoms with Crippen molar-refractivity contribution in [2.75, 3.05) is 12.9 Å². The molecule has 1 fully saturated rings. The van der Waals surface area contributed by atoms with Gasteiger partial charge in [0.1, 0.15) is 11.6 Å². The van der Waals surface area contributed by atoms with E-state index in [1.807, 2.05) is 33.8 Å². The lowest BCUT2D eigenvalue weighted by Gasteiger charge is -2.32. The van der Waals surface area contributed by atoms with Crippen molar-refractivity contribution in [2.45, 2.75) is 38.9 Å². The molecule has 0 atom stereocenters. The Morgan fingerprint density at radius 1 is 1.27 bits per heavy atom. The van der Waals surface area contributed by atoms with Crippen LogP contribution in [0, 0.1) is 5.82 Å². The summed E-state index contributed by atoms with van der Waals surface area (Å²) < 4.78 is 30.6. The number of rotatable bonds is 4. The van der Waals surface area contributed by atoms with Gasteiger partial charge in [-0.15, -0.1) is 0 Å². The van der Waals surface area contributed by atoms with Crippen LogP contribution in [0.15, 0.2) is 23.7 Å². The smallest absolute Gasteiger partial charge is 0.491 e. The van der Waals surface area contributed by atoms with Crippen LogP contribution < -0.4 is 4.74 Å². The van der Waals surface area contributed by atoms with E-state index in [0.717, 1.165) is 11.0 Å². The molecule has 2 rings (SSSR count). The summed E-state index contributed by atoms with van der Waals surface area (Å²) in [5.41, 5.74) is 0.814. The maximum absolute atomic E-state index is 13.3. The van der Waals surface area contributed by atoms with Crippen molar-refractivity contribution in [3.63, 3.8) is 0 Å². The van der Waals surface area contributed by atoms with Crippen molar-refractivity contribution in [2.24, 2.45) is 0 Å². The molecule has 1 aromatic carbocycles. The average molecular weight is 324 g/mol. The zero-order valence-electron chi connectivity index (χ0n) is 13.6. The standard InChI is InChI=1S/C16H22BFO3S/c1-15(2)16(3,4)21-17(20-15)12(10-22)8-11-6-7-13(18)9-14(11)19-5/h6-9,22H,10H2,1-5H3. The molecule has 1 heterocycles. The Morgan fingerprint density at radius 3 is 2.36 bits per heavy atom. The van der Waals surface area contributed by atoms with Crippen molar-refractivity contribution in [1.82, 2.24) is 0 Å². The summed E-state index contributed by atoms with van der Waals surface area (Å²) >= 11 is 4.38. The molecule has 0 saturated carbocycles. The molecule has 0 aromatic heterocycles. The number of ether oxygens (including phenoxy) is 1. The molecule has 120 valence electrons. The molecule has 0 N–H and O–H groups in total. The van der Waals surface area contributed by atoms with Gasteiger partial charge in [0.15, 0.2) is 0 Å². The molecule has 3 nitrogen and oxygen atoms in total. The molecule has 1 saturated heterocycles. The fraction of sp³-hybridized carbons (Fsp3) is 0.500. The second kappa shape index (κ2) is 6.26. The third-order valence-corrected chi connectivity index (χ3v) is 4.64. The van der Waals surface area contributed by atoms with Gasteiger partial charge in [0.2, 0.25) is 0 Å². The monoisotopic (exact) mass is 324 g/mol. The Balaban J connectivity index is 2.34. The van der Waals surface area contributed by atoms with Crippen LogP contribution in [-0.4, -0.2) is 31.2 Å². The summed E-state index contributed by atoms with van der Waals surface area (Å²) in [6, 6.07) is 4.42. The summed E-state index contributed by atoms with van der Waals surface area (Å²) in [5, 5.41) is 0. The lowest BCUT2D eigenvalue weighted by atomic mass is 9.78. The van der Waals surface area contributed by atoms with Gasteiger partial charge < -0.3 is 14.0 Å². The van der Waals surface area contributed by atoms with Crippen molar-refractivity contribution >= 4 is 25.8 Å². The minimum Gasteiger partial charge on any atom is -0.496 e. The van der Waals surface area contributed by atoms with E-state index < -0.39 is 18.3 Å². The fourth-order valence-corrected chi connectivity index (χ4v) is 2.43. The zero-order chi connectivity index (χ0) is 16.5. The minimum atomic E-state index is -0.475. The average Bonchev–Trinajstić information content (AvgIpc) is 2.65. The summed E-state index contributed by atoms with van der Waals surface area (Å²) in [5.74, 6) is 0.602. The molecule has 0 aliphatic carbocycles. The van der Waals surface area contributed by atoms with Gasteiger partial charge in [-0.3, -0.25) is 0 Å². The fourth-order valence-electron chi connectivity index (χ4n) is 2.19. The molecule has 22 heavy (non-hydrogen) atoms. The highest BCUT2D eigenvalue weighted by Crippen LogP contribution is 2.39. The van der Waals surface area contributed by atoms with E-state index in [1.165, 1.54) is 19.2 Å². The zero-order valence-corrected chi connectivity index (χ0v) is 14.5. The van der Waals surface area contributed by atoms with Crippen molar-refractivity contribution < 1.29 is 18.4 Å². The van der Waals surface area contributed by atoms with Gasteiger partial charge in [0.05, 0.1) is 18.3 Å². The van der Waals surface area contributed by atoms with Crippen LogP contribution in [0.2, 0.25) is 0 Å². The Bertz CT molecular complexity index is 571. The van der Waals surface area contributed by atoms with Crippen LogP contribution in [0.3, 0.4) is 0 Å². The molecule has 0 bridgehead atoms. The van der Waals surface area contributed by atoms with Crippen LogP contribution >= 0.6 is 12.6 Å². The molecular weight excluding hydrogens is 302 g/mol. The van der Waals surface area contributed by atoms with E-state index >= 15 is 0 Å². The SMILES string of the molecule is COc1cc(F)ccc1C=C(CS)B1OC(C)(C)C(C)(C)O1. The summed E-state index contributed by atoms with van der Waals surface area (Å²) in [6.45, 7) is 8.01. The molecule has 6 heteroatoms. The molecule has 0 spiro atoms. The molecule has 1 aliphatic heterocycles. The van der Waals surface area contributed by atoms with Gasteiger partial charge in [-0.25, -0.2) is 4.39 Å². The van der Waals surface area contributed by atoms with Crippen LogP contribution in [0.25, 0.3) is 6.08 Å². The van der Waals surface area contributed by atoms with Crippen LogP contribution in [-0.2, 0) is 9.31 Å². The van der Waals surface area contributed by atoms with Gasteiger partial charge in [-0.05, 0) is 45.3 Å². The topological polar surface area (TPSA) is 27.7 Å². The Labute approximate surface area is 137 Å². The highest BCUT2D eigenvalue weighted by molar-refractivity contribution is 7.80. The van der Waals surface area contributed by atoms with Crippen molar-refractivity contribution in [1.29, 1.82) is 0 Å². The first-order chi connectivity index (χ1) is 10.2. The summed E-state index contributed by atoms with van der Waals surface area (Å²) in [6.07, 6.45) is 1.88. The van der Waals surface area contributed by atoms with E-state index in [4.69, 9.17) is 14.0 Å². The lowest BCUT2D eigenvalue weighted by Crippen LogP contribution is -2.41. The molecule has 0 radical (unpaired) electrons. The van der Waals surface area contributed by atoms with E-state index in [0.29, 0.717) is 11.5 Å². The van der Waals surface area contributed by atoms with Crippen molar-refractivity contribution in [3.8, 4) is 5.75 Å². The van der Waals surface area contributed by atoms with E-state index in [-0.39, 0.29) is 5.82 Å². The second-order valence-electron chi connectivity index (χ2n) is 6.35. The molecular formula is C16H22BFO3S. The molecule has 1 aromatic rings.